The van der Waals surface area contributed by atoms with Crippen LogP contribution >= 0.6 is 11.8 Å². The molecule has 2 rings (SSSR count). The predicted octanol–water partition coefficient (Wildman–Crippen LogP) is 4.15. The van der Waals surface area contributed by atoms with E-state index in [2.05, 4.69) is 72.0 Å². The van der Waals surface area contributed by atoms with Crippen LogP contribution < -0.4 is 5.32 Å². The zero-order valence-electron chi connectivity index (χ0n) is 17.9. The van der Waals surface area contributed by atoms with E-state index in [9.17, 15) is 4.79 Å². The lowest BCUT2D eigenvalue weighted by atomic mass is 10.0. The normalized spacial score (nSPS) is 11.4. The molecule has 0 aliphatic heterocycles. The first-order valence-electron chi connectivity index (χ1n) is 10.2. The lowest BCUT2D eigenvalue weighted by Crippen LogP contribution is -2.26. The minimum absolute atomic E-state index is 0.0741. The summed E-state index contributed by atoms with van der Waals surface area (Å²) in [6.45, 7) is 10.4. The Labute approximate surface area is 173 Å². The highest BCUT2D eigenvalue weighted by Gasteiger charge is 2.12. The second-order valence-electron chi connectivity index (χ2n) is 8.15. The van der Waals surface area contributed by atoms with Gasteiger partial charge in [0.05, 0.1) is 6.42 Å². The number of benzene rings is 1. The quantitative estimate of drug-likeness (QED) is 0.453. The maximum absolute atomic E-state index is 12.2. The largest absolute Gasteiger partial charge is 0.356 e. The zero-order chi connectivity index (χ0) is 20.5. The molecule has 0 bridgehead atoms. The minimum atomic E-state index is 0.0741. The molecule has 0 spiro atoms. The number of nitrogens with one attached hydrogen (secondary N) is 1. The molecule has 1 aromatic carbocycles. The van der Waals surface area contributed by atoms with Crippen molar-refractivity contribution >= 4 is 17.7 Å². The predicted molar refractivity (Wildman–Crippen MR) is 117 cm³/mol. The van der Waals surface area contributed by atoms with Crippen molar-refractivity contribution in [2.45, 2.75) is 65.1 Å². The van der Waals surface area contributed by atoms with Gasteiger partial charge in [0.1, 0.15) is 5.82 Å². The standard InChI is InChI=1S/C22H34N4OS/c1-16(2)13-18-8-10-19(11-9-18)14-21(27)23-12-6-7-20-24-25-22(28-5)26(20)15-17(3)4/h8-11,16-17H,6-7,12-15H2,1-5H3,(H,23,27). The SMILES string of the molecule is CSc1nnc(CCCNC(=O)Cc2ccc(CC(C)C)cc2)n1CC(C)C. The van der Waals surface area contributed by atoms with Gasteiger partial charge < -0.3 is 9.88 Å². The fraction of sp³-hybridized carbons (Fsp3) is 0.591. The highest BCUT2D eigenvalue weighted by molar-refractivity contribution is 7.98. The van der Waals surface area contributed by atoms with Crippen molar-refractivity contribution in [1.29, 1.82) is 0 Å². The fourth-order valence-corrected chi connectivity index (χ4v) is 3.71. The molecule has 0 atom stereocenters. The first-order chi connectivity index (χ1) is 13.4. The van der Waals surface area contributed by atoms with Crippen LogP contribution in [0.15, 0.2) is 29.4 Å². The molecule has 1 N–H and O–H groups in total. The van der Waals surface area contributed by atoms with Crippen molar-refractivity contribution in [3.05, 3.63) is 41.2 Å². The van der Waals surface area contributed by atoms with E-state index < -0.39 is 0 Å². The van der Waals surface area contributed by atoms with Gasteiger partial charge in [-0.3, -0.25) is 4.79 Å². The number of thioether (sulfide) groups is 1. The molecule has 5 nitrogen and oxygen atoms in total. The first kappa shape index (κ1) is 22.5. The van der Waals surface area contributed by atoms with E-state index in [0.29, 0.717) is 24.8 Å². The maximum Gasteiger partial charge on any atom is 0.224 e. The second-order valence-corrected chi connectivity index (χ2v) is 8.93. The van der Waals surface area contributed by atoms with Crippen LogP contribution in [0, 0.1) is 11.8 Å². The van der Waals surface area contributed by atoms with E-state index in [1.165, 1.54) is 5.56 Å². The smallest absolute Gasteiger partial charge is 0.224 e. The Hall–Kier alpha value is -1.82. The Bertz CT molecular complexity index is 737. The number of carbonyl (C=O) groups excluding carboxylic acids is 1. The van der Waals surface area contributed by atoms with Crippen LogP contribution in [0.5, 0.6) is 0 Å². The molecule has 28 heavy (non-hydrogen) atoms. The fourth-order valence-electron chi connectivity index (χ4n) is 3.19. The Kier molecular flexibility index (Phi) is 9.03. The second kappa shape index (κ2) is 11.2. The Morgan fingerprint density at radius 2 is 1.75 bits per heavy atom. The summed E-state index contributed by atoms with van der Waals surface area (Å²) < 4.78 is 2.20. The first-order valence-corrected chi connectivity index (χ1v) is 11.4. The molecule has 0 fully saturated rings. The van der Waals surface area contributed by atoms with Crippen molar-refractivity contribution in [3.63, 3.8) is 0 Å². The molecule has 1 heterocycles. The summed E-state index contributed by atoms with van der Waals surface area (Å²) in [4.78, 5) is 12.2. The number of carbonyl (C=O) groups is 1. The van der Waals surface area contributed by atoms with Crippen molar-refractivity contribution < 1.29 is 4.79 Å². The monoisotopic (exact) mass is 402 g/mol. The molecule has 0 aliphatic rings. The molecule has 0 radical (unpaired) electrons. The number of rotatable bonds is 11. The van der Waals surface area contributed by atoms with Gasteiger partial charge in [-0.25, -0.2) is 0 Å². The molecular formula is C22H34N4OS. The third-order valence-electron chi connectivity index (χ3n) is 4.45. The number of hydrogen-bond acceptors (Lipinski definition) is 4. The molecule has 0 saturated heterocycles. The van der Waals surface area contributed by atoms with Crippen LogP contribution in [0.25, 0.3) is 0 Å². The molecule has 0 aliphatic carbocycles. The summed E-state index contributed by atoms with van der Waals surface area (Å²) in [6.07, 6.45) is 5.22. The van der Waals surface area contributed by atoms with Gasteiger partial charge in [0.2, 0.25) is 5.91 Å². The van der Waals surface area contributed by atoms with E-state index in [1.807, 2.05) is 6.26 Å². The van der Waals surface area contributed by atoms with Crippen LogP contribution in [-0.4, -0.2) is 33.5 Å². The average molecular weight is 403 g/mol. The summed E-state index contributed by atoms with van der Waals surface area (Å²) >= 11 is 1.63. The molecule has 154 valence electrons. The Balaban J connectivity index is 1.76. The number of nitrogens with zero attached hydrogens (tertiary/aromatic N) is 3. The van der Waals surface area contributed by atoms with E-state index in [-0.39, 0.29) is 5.91 Å². The summed E-state index contributed by atoms with van der Waals surface area (Å²) in [7, 11) is 0. The Morgan fingerprint density at radius 3 is 2.36 bits per heavy atom. The molecular weight excluding hydrogens is 368 g/mol. The van der Waals surface area contributed by atoms with Crippen molar-refractivity contribution in [2.75, 3.05) is 12.8 Å². The third kappa shape index (κ3) is 7.30. The molecule has 0 unspecified atom stereocenters. The molecule has 1 amide bonds. The maximum atomic E-state index is 12.2. The van der Waals surface area contributed by atoms with E-state index >= 15 is 0 Å². The van der Waals surface area contributed by atoms with Gasteiger partial charge in [-0.1, -0.05) is 63.7 Å². The van der Waals surface area contributed by atoms with Gasteiger partial charge in [0, 0.05) is 19.5 Å². The van der Waals surface area contributed by atoms with Crippen LogP contribution in [0.1, 0.15) is 51.1 Å². The van der Waals surface area contributed by atoms with Crippen molar-refractivity contribution in [1.82, 2.24) is 20.1 Å². The number of aromatic nitrogens is 3. The van der Waals surface area contributed by atoms with Gasteiger partial charge in [0.25, 0.3) is 0 Å². The van der Waals surface area contributed by atoms with Gasteiger partial charge in [-0.2, -0.15) is 0 Å². The third-order valence-corrected chi connectivity index (χ3v) is 5.12. The van der Waals surface area contributed by atoms with Crippen molar-refractivity contribution in [3.8, 4) is 0 Å². The molecule has 6 heteroatoms. The van der Waals surface area contributed by atoms with Crippen LogP contribution in [0.2, 0.25) is 0 Å². The highest BCUT2D eigenvalue weighted by atomic mass is 32.2. The van der Waals surface area contributed by atoms with Gasteiger partial charge in [-0.05, 0) is 42.1 Å². The van der Waals surface area contributed by atoms with E-state index in [0.717, 1.165) is 42.4 Å². The molecule has 1 aromatic heterocycles. The van der Waals surface area contributed by atoms with Crippen LogP contribution in [0.4, 0.5) is 0 Å². The van der Waals surface area contributed by atoms with Crippen LogP contribution in [0.3, 0.4) is 0 Å². The summed E-state index contributed by atoms with van der Waals surface area (Å²) in [5.74, 6) is 2.28. The van der Waals surface area contributed by atoms with E-state index in [4.69, 9.17) is 0 Å². The Morgan fingerprint density at radius 1 is 1.07 bits per heavy atom. The highest BCUT2D eigenvalue weighted by Crippen LogP contribution is 2.16. The average Bonchev–Trinajstić information content (AvgIpc) is 3.01. The van der Waals surface area contributed by atoms with Crippen molar-refractivity contribution in [2.24, 2.45) is 11.8 Å². The number of amides is 1. The lowest BCUT2D eigenvalue weighted by molar-refractivity contribution is -0.120. The van der Waals surface area contributed by atoms with Gasteiger partial charge in [-0.15, -0.1) is 10.2 Å². The van der Waals surface area contributed by atoms with Crippen LogP contribution in [-0.2, 0) is 30.6 Å². The lowest BCUT2D eigenvalue weighted by Gasteiger charge is -2.12. The van der Waals surface area contributed by atoms with E-state index in [1.54, 1.807) is 11.8 Å². The minimum Gasteiger partial charge on any atom is -0.356 e. The van der Waals surface area contributed by atoms with Gasteiger partial charge >= 0.3 is 0 Å². The molecule has 2 aromatic rings. The topological polar surface area (TPSA) is 59.8 Å². The zero-order valence-corrected chi connectivity index (χ0v) is 18.7. The summed E-state index contributed by atoms with van der Waals surface area (Å²) in [5.41, 5.74) is 2.39. The summed E-state index contributed by atoms with van der Waals surface area (Å²) in [5, 5.41) is 12.6. The number of aryl methyl sites for hydroxylation is 1. The summed E-state index contributed by atoms with van der Waals surface area (Å²) in [6, 6.07) is 8.40. The molecule has 0 saturated carbocycles. The number of hydrogen-bond donors (Lipinski definition) is 1. The van der Waals surface area contributed by atoms with Gasteiger partial charge in [0.15, 0.2) is 5.16 Å².